The Balaban J connectivity index is 1.51. The van der Waals surface area contributed by atoms with Gasteiger partial charge in [-0.1, -0.05) is 72.3 Å². The molecule has 1 spiro atoms. The quantitative estimate of drug-likeness (QED) is 0.423. The summed E-state index contributed by atoms with van der Waals surface area (Å²) in [6.45, 7) is 7.54. The molecule has 0 saturated heterocycles. The van der Waals surface area contributed by atoms with Crippen LogP contribution in [0, 0.1) is 0 Å². The molecule has 2 amide bonds. The Morgan fingerprint density at radius 1 is 0.974 bits per heavy atom. The molecule has 0 unspecified atom stereocenters. The molecule has 2 aliphatic rings. The number of esters is 1. The molecule has 7 nitrogen and oxygen atoms in total. The van der Waals surface area contributed by atoms with E-state index in [1.165, 1.54) is 0 Å². The molecule has 0 fully saturated rings. The highest BCUT2D eigenvalue weighted by atomic mass is 16.6. The SMILES string of the molecule is CC1=C(c2ccccc2NC(=O)OC(C)(C)C)C(=O)O[C@]2(C1)C(=O)N(Cc1ccccc1)c1ccccc12. The molecule has 38 heavy (non-hydrogen) atoms. The average Bonchev–Trinajstić information content (AvgIpc) is 3.07. The predicted octanol–water partition coefficient (Wildman–Crippen LogP) is 6.20. The van der Waals surface area contributed by atoms with Crippen LogP contribution in [0.15, 0.2) is 84.4 Å². The summed E-state index contributed by atoms with van der Waals surface area (Å²) in [7, 11) is 0. The van der Waals surface area contributed by atoms with Crippen LogP contribution in [0.1, 0.15) is 50.8 Å². The van der Waals surface area contributed by atoms with E-state index in [0.717, 1.165) is 11.3 Å². The highest BCUT2D eigenvalue weighted by Gasteiger charge is 2.56. The summed E-state index contributed by atoms with van der Waals surface area (Å²) in [5.41, 5.74) is 2.23. The van der Waals surface area contributed by atoms with Gasteiger partial charge in [0.25, 0.3) is 5.91 Å². The van der Waals surface area contributed by atoms with Gasteiger partial charge in [0, 0.05) is 17.5 Å². The van der Waals surface area contributed by atoms with Crippen LogP contribution in [0.2, 0.25) is 0 Å². The summed E-state index contributed by atoms with van der Waals surface area (Å²) in [4.78, 5) is 41.8. The maximum Gasteiger partial charge on any atom is 0.412 e. The van der Waals surface area contributed by atoms with Gasteiger partial charge in [0.2, 0.25) is 5.60 Å². The first-order valence-electron chi connectivity index (χ1n) is 12.6. The highest BCUT2D eigenvalue weighted by molar-refractivity contribution is 6.22. The minimum atomic E-state index is -1.44. The summed E-state index contributed by atoms with van der Waals surface area (Å²) < 4.78 is 11.5. The van der Waals surface area contributed by atoms with Crippen molar-refractivity contribution in [2.24, 2.45) is 0 Å². The number of fused-ring (bicyclic) bond motifs is 2. The topological polar surface area (TPSA) is 84.9 Å². The summed E-state index contributed by atoms with van der Waals surface area (Å²) in [6.07, 6.45) is -0.420. The van der Waals surface area contributed by atoms with Gasteiger partial charge in [0.15, 0.2) is 0 Å². The number of nitrogens with zero attached hydrogens (tertiary/aromatic N) is 1. The number of rotatable bonds is 4. The molecule has 3 aromatic carbocycles. The number of hydrogen-bond donors (Lipinski definition) is 1. The zero-order valence-electron chi connectivity index (χ0n) is 21.9. The normalized spacial score (nSPS) is 18.9. The second kappa shape index (κ2) is 9.49. The third-order valence-electron chi connectivity index (χ3n) is 6.65. The van der Waals surface area contributed by atoms with Gasteiger partial charge in [0.05, 0.1) is 23.5 Å². The van der Waals surface area contributed by atoms with Crippen LogP contribution in [0.3, 0.4) is 0 Å². The van der Waals surface area contributed by atoms with Gasteiger partial charge in [-0.25, -0.2) is 9.59 Å². The molecule has 0 aromatic heterocycles. The Labute approximate surface area is 222 Å². The number of para-hydroxylation sites is 2. The molecule has 0 radical (unpaired) electrons. The largest absolute Gasteiger partial charge is 0.444 e. The average molecular weight is 511 g/mol. The molecule has 0 bridgehead atoms. The first-order valence-corrected chi connectivity index (χ1v) is 12.6. The highest BCUT2D eigenvalue weighted by Crippen LogP contribution is 2.51. The van der Waals surface area contributed by atoms with Gasteiger partial charge in [0.1, 0.15) is 5.60 Å². The van der Waals surface area contributed by atoms with Crippen molar-refractivity contribution in [1.29, 1.82) is 0 Å². The van der Waals surface area contributed by atoms with Crippen LogP contribution in [-0.4, -0.2) is 23.6 Å². The first kappa shape index (κ1) is 25.3. The molecule has 2 heterocycles. The number of ether oxygens (including phenoxy) is 2. The van der Waals surface area contributed by atoms with E-state index >= 15 is 0 Å². The van der Waals surface area contributed by atoms with Crippen LogP contribution in [-0.2, 0) is 31.2 Å². The Hall–Kier alpha value is -4.39. The number of anilines is 2. The smallest absolute Gasteiger partial charge is 0.412 e. The summed E-state index contributed by atoms with van der Waals surface area (Å²) in [5, 5.41) is 2.75. The molecule has 194 valence electrons. The van der Waals surface area contributed by atoms with E-state index in [9.17, 15) is 14.4 Å². The molecule has 3 aromatic rings. The van der Waals surface area contributed by atoms with Crippen molar-refractivity contribution in [2.75, 3.05) is 10.2 Å². The van der Waals surface area contributed by atoms with Crippen molar-refractivity contribution in [3.63, 3.8) is 0 Å². The monoisotopic (exact) mass is 510 g/mol. The fraction of sp³-hybridized carbons (Fsp3) is 0.258. The van der Waals surface area contributed by atoms with Crippen LogP contribution in [0.4, 0.5) is 16.2 Å². The predicted molar refractivity (Wildman–Crippen MR) is 145 cm³/mol. The molecule has 0 saturated carbocycles. The van der Waals surface area contributed by atoms with Crippen LogP contribution < -0.4 is 10.2 Å². The zero-order valence-corrected chi connectivity index (χ0v) is 21.9. The number of hydrogen-bond acceptors (Lipinski definition) is 5. The maximum atomic E-state index is 14.0. The molecular formula is C31H30N2O5. The Morgan fingerprint density at radius 2 is 1.63 bits per heavy atom. The molecule has 1 atom stereocenters. The Bertz CT molecular complexity index is 1450. The van der Waals surface area contributed by atoms with E-state index in [4.69, 9.17) is 9.47 Å². The van der Waals surface area contributed by atoms with Crippen molar-refractivity contribution in [2.45, 2.75) is 51.9 Å². The second-order valence-corrected chi connectivity index (χ2v) is 10.6. The molecule has 1 N–H and O–H groups in total. The van der Waals surface area contributed by atoms with Gasteiger partial charge in [-0.2, -0.15) is 0 Å². The first-order chi connectivity index (χ1) is 18.1. The lowest BCUT2D eigenvalue weighted by molar-refractivity contribution is -0.163. The summed E-state index contributed by atoms with van der Waals surface area (Å²) >= 11 is 0. The molecule has 5 rings (SSSR count). The van der Waals surface area contributed by atoms with Gasteiger partial charge in [-0.15, -0.1) is 0 Å². The van der Waals surface area contributed by atoms with E-state index in [2.05, 4.69) is 5.32 Å². The van der Waals surface area contributed by atoms with Gasteiger partial charge < -0.3 is 14.4 Å². The van der Waals surface area contributed by atoms with Crippen molar-refractivity contribution >= 4 is 34.9 Å². The minimum Gasteiger partial charge on any atom is -0.444 e. The third-order valence-corrected chi connectivity index (χ3v) is 6.65. The van der Waals surface area contributed by atoms with E-state index < -0.39 is 23.3 Å². The van der Waals surface area contributed by atoms with Crippen molar-refractivity contribution < 1.29 is 23.9 Å². The van der Waals surface area contributed by atoms with E-state index in [1.807, 2.05) is 61.5 Å². The summed E-state index contributed by atoms with van der Waals surface area (Å²) in [6, 6.07) is 24.2. The fourth-order valence-corrected chi connectivity index (χ4v) is 5.13. The van der Waals surface area contributed by atoms with Crippen LogP contribution in [0.25, 0.3) is 5.57 Å². The lowest BCUT2D eigenvalue weighted by Gasteiger charge is -2.34. The molecule has 2 aliphatic heterocycles. The van der Waals surface area contributed by atoms with E-state index in [0.29, 0.717) is 34.5 Å². The van der Waals surface area contributed by atoms with Gasteiger partial charge in [-0.05, 0) is 45.4 Å². The Kier molecular flexibility index (Phi) is 6.31. The van der Waals surface area contributed by atoms with Crippen molar-refractivity contribution in [1.82, 2.24) is 0 Å². The van der Waals surface area contributed by atoms with Gasteiger partial charge >= 0.3 is 12.1 Å². The maximum absolute atomic E-state index is 14.0. The summed E-state index contributed by atoms with van der Waals surface area (Å²) in [5.74, 6) is -0.883. The lowest BCUT2D eigenvalue weighted by Crippen LogP contribution is -2.46. The number of benzene rings is 3. The second-order valence-electron chi connectivity index (χ2n) is 10.6. The standard InChI is InChI=1S/C31H30N2O5/c1-20-18-31(23-15-9-11-17-25(23)33(28(31)35)19-21-12-6-5-7-13-21)37-27(34)26(20)22-14-8-10-16-24(22)32-29(36)38-30(2,3)4/h5-17H,18-19H2,1-4H3,(H,32,36)/t31-/m0/s1. The zero-order chi connectivity index (χ0) is 27.1. The fourth-order valence-electron chi connectivity index (χ4n) is 5.13. The minimum absolute atomic E-state index is 0.204. The van der Waals surface area contributed by atoms with E-state index in [-0.39, 0.29) is 12.3 Å². The van der Waals surface area contributed by atoms with Crippen molar-refractivity contribution in [3.8, 4) is 0 Å². The lowest BCUT2D eigenvalue weighted by atomic mass is 9.82. The Morgan fingerprint density at radius 3 is 2.34 bits per heavy atom. The number of nitrogens with one attached hydrogen (secondary N) is 1. The van der Waals surface area contributed by atoms with Gasteiger partial charge in [-0.3, -0.25) is 10.1 Å². The molecule has 0 aliphatic carbocycles. The molecule has 7 heteroatoms. The number of amides is 2. The number of carbonyl (C=O) groups excluding carboxylic acids is 3. The van der Waals surface area contributed by atoms with Crippen molar-refractivity contribution in [3.05, 3.63) is 101 Å². The number of carbonyl (C=O) groups is 3. The third kappa shape index (κ3) is 4.56. The van der Waals surface area contributed by atoms with Crippen LogP contribution in [0.5, 0.6) is 0 Å². The van der Waals surface area contributed by atoms with Crippen LogP contribution >= 0.6 is 0 Å². The molecular weight excluding hydrogens is 480 g/mol. The van der Waals surface area contributed by atoms with E-state index in [1.54, 1.807) is 49.9 Å².